The molecular formula is C14H10FIN2O2. The van der Waals surface area contributed by atoms with E-state index in [9.17, 15) is 9.18 Å². The molecule has 3 rings (SSSR count). The molecule has 0 fully saturated rings. The van der Waals surface area contributed by atoms with Crippen molar-refractivity contribution in [3.05, 3.63) is 67.5 Å². The largest absolute Gasteiger partial charge is 0.417 e. The zero-order valence-corrected chi connectivity index (χ0v) is 12.3. The van der Waals surface area contributed by atoms with Crippen LogP contribution in [0.4, 0.5) is 4.39 Å². The lowest BCUT2D eigenvalue weighted by Crippen LogP contribution is -2.13. The Bertz CT molecular complexity index is 841. The third-order valence-electron chi connectivity index (χ3n) is 3.10. The van der Waals surface area contributed by atoms with E-state index in [-0.39, 0.29) is 5.82 Å². The summed E-state index contributed by atoms with van der Waals surface area (Å²) in [5.41, 5.74) is 8.91. The van der Waals surface area contributed by atoms with Crippen LogP contribution < -0.4 is 11.5 Å². The van der Waals surface area contributed by atoms with Gasteiger partial charge in [-0.25, -0.2) is 9.18 Å². The molecule has 1 heterocycles. The number of nitrogens with two attached hydrogens (primary N) is 1. The lowest BCUT2D eigenvalue weighted by molar-refractivity contribution is 0.555. The Labute approximate surface area is 126 Å². The van der Waals surface area contributed by atoms with Crippen molar-refractivity contribution in [3.8, 4) is 0 Å². The molecule has 20 heavy (non-hydrogen) atoms. The molecule has 0 radical (unpaired) electrons. The fraction of sp³-hybridized carbons (Fsp3) is 0.0714. The smallest absolute Gasteiger partial charge is 0.408 e. The third kappa shape index (κ3) is 2.36. The first kappa shape index (κ1) is 13.3. The summed E-state index contributed by atoms with van der Waals surface area (Å²) in [7, 11) is 0. The molecule has 0 aliphatic carbocycles. The first-order valence-corrected chi connectivity index (χ1v) is 6.96. The second-order valence-electron chi connectivity index (χ2n) is 4.41. The van der Waals surface area contributed by atoms with Crippen molar-refractivity contribution in [2.24, 2.45) is 5.73 Å². The number of fused-ring (bicyclic) bond motifs is 1. The van der Waals surface area contributed by atoms with Crippen molar-refractivity contribution >= 4 is 33.7 Å². The summed E-state index contributed by atoms with van der Waals surface area (Å²) < 4.78 is 18.9. The lowest BCUT2D eigenvalue weighted by Gasteiger charge is -2.14. The Kier molecular flexibility index (Phi) is 3.35. The zero-order valence-electron chi connectivity index (χ0n) is 10.2. The van der Waals surface area contributed by atoms with Gasteiger partial charge in [-0.3, -0.25) is 4.98 Å². The standard InChI is InChI=1S/C14H10FIN2O2/c15-8-2-3-9(10(16)6-8)13(17)7-1-4-11-12(5-7)20-14(19)18-11/h1-6,13H,17H2,(H,18,19). The molecule has 3 N–H and O–H groups in total. The molecule has 1 atom stereocenters. The van der Waals surface area contributed by atoms with Gasteiger partial charge in [0.15, 0.2) is 5.58 Å². The molecule has 0 saturated carbocycles. The van der Waals surface area contributed by atoms with Crippen molar-refractivity contribution in [2.45, 2.75) is 6.04 Å². The van der Waals surface area contributed by atoms with Crippen LogP contribution in [0.5, 0.6) is 0 Å². The summed E-state index contributed by atoms with van der Waals surface area (Å²) in [5, 5.41) is 0. The molecular weight excluding hydrogens is 374 g/mol. The van der Waals surface area contributed by atoms with E-state index in [2.05, 4.69) is 27.6 Å². The summed E-state index contributed by atoms with van der Waals surface area (Å²) in [6.07, 6.45) is 0. The molecule has 102 valence electrons. The van der Waals surface area contributed by atoms with E-state index in [1.807, 2.05) is 6.07 Å². The number of H-pyrrole nitrogens is 1. The minimum absolute atomic E-state index is 0.294. The highest BCUT2D eigenvalue weighted by Crippen LogP contribution is 2.26. The monoisotopic (exact) mass is 384 g/mol. The van der Waals surface area contributed by atoms with Crippen LogP contribution >= 0.6 is 22.6 Å². The van der Waals surface area contributed by atoms with Gasteiger partial charge in [-0.15, -0.1) is 0 Å². The minimum atomic E-state index is -0.498. The van der Waals surface area contributed by atoms with E-state index >= 15 is 0 Å². The molecule has 3 aromatic rings. The topological polar surface area (TPSA) is 72.0 Å². The number of rotatable bonds is 2. The summed E-state index contributed by atoms with van der Waals surface area (Å²) in [4.78, 5) is 13.7. The van der Waals surface area contributed by atoms with Crippen LogP contribution in [0.2, 0.25) is 0 Å². The number of halogens is 2. The van der Waals surface area contributed by atoms with Gasteiger partial charge in [-0.2, -0.15) is 0 Å². The van der Waals surface area contributed by atoms with Gasteiger partial charge < -0.3 is 10.2 Å². The van der Waals surface area contributed by atoms with Crippen molar-refractivity contribution < 1.29 is 8.81 Å². The van der Waals surface area contributed by atoms with Gasteiger partial charge in [-0.1, -0.05) is 12.1 Å². The average Bonchev–Trinajstić information content (AvgIpc) is 2.77. The van der Waals surface area contributed by atoms with Crippen molar-refractivity contribution in [2.75, 3.05) is 0 Å². The fourth-order valence-corrected chi connectivity index (χ4v) is 2.90. The number of benzene rings is 2. The number of aromatic nitrogens is 1. The van der Waals surface area contributed by atoms with Crippen LogP contribution in [-0.2, 0) is 0 Å². The van der Waals surface area contributed by atoms with Gasteiger partial charge in [0.05, 0.1) is 11.6 Å². The van der Waals surface area contributed by atoms with Gasteiger partial charge in [-0.05, 0) is 58.0 Å². The number of hydrogen-bond donors (Lipinski definition) is 2. The normalized spacial score (nSPS) is 12.8. The van der Waals surface area contributed by atoms with E-state index in [0.29, 0.717) is 11.1 Å². The molecule has 1 unspecified atom stereocenters. The Morgan fingerprint density at radius 1 is 1.25 bits per heavy atom. The van der Waals surface area contributed by atoms with E-state index in [1.165, 1.54) is 12.1 Å². The van der Waals surface area contributed by atoms with Crippen molar-refractivity contribution in [1.29, 1.82) is 0 Å². The van der Waals surface area contributed by atoms with Crippen LogP contribution in [0.3, 0.4) is 0 Å². The molecule has 2 aromatic carbocycles. The Hall–Kier alpha value is -1.67. The predicted molar refractivity (Wildman–Crippen MR) is 82.0 cm³/mol. The van der Waals surface area contributed by atoms with E-state index < -0.39 is 11.8 Å². The Balaban J connectivity index is 2.06. The molecule has 0 saturated heterocycles. The quantitative estimate of drug-likeness (QED) is 0.668. The average molecular weight is 384 g/mol. The highest BCUT2D eigenvalue weighted by Gasteiger charge is 2.14. The van der Waals surface area contributed by atoms with Crippen molar-refractivity contribution in [1.82, 2.24) is 4.98 Å². The molecule has 4 nitrogen and oxygen atoms in total. The number of aromatic amines is 1. The highest BCUT2D eigenvalue weighted by atomic mass is 127. The fourth-order valence-electron chi connectivity index (χ4n) is 2.09. The zero-order chi connectivity index (χ0) is 14.3. The molecule has 1 aromatic heterocycles. The van der Waals surface area contributed by atoms with Crippen molar-refractivity contribution in [3.63, 3.8) is 0 Å². The second kappa shape index (κ2) is 5.02. The van der Waals surface area contributed by atoms with E-state index in [0.717, 1.165) is 14.7 Å². The first-order valence-electron chi connectivity index (χ1n) is 5.88. The summed E-state index contributed by atoms with van der Waals surface area (Å²) in [5.74, 6) is -0.792. The summed E-state index contributed by atoms with van der Waals surface area (Å²) >= 11 is 2.05. The van der Waals surface area contributed by atoms with Gasteiger partial charge in [0.1, 0.15) is 5.82 Å². The van der Waals surface area contributed by atoms with Crippen LogP contribution in [0.15, 0.2) is 45.6 Å². The predicted octanol–water partition coefficient (Wildman–Crippen LogP) is 2.91. The second-order valence-corrected chi connectivity index (χ2v) is 5.58. The van der Waals surface area contributed by atoms with E-state index in [4.69, 9.17) is 10.2 Å². The molecule has 0 bridgehead atoms. The van der Waals surface area contributed by atoms with Gasteiger partial charge in [0.25, 0.3) is 0 Å². The third-order valence-corrected chi connectivity index (χ3v) is 4.04. The van der Waals surface area contributed by atoms with Gasteiger partial charge in [0.2, 0.25) is 0 Å². The van der Waals surface area contributed by atoms with Crippen LogP contribution in [-0.4, -0.2) is 4.98 Å². The molecule has 6 heteroatoms. The van der Waals surface area contributed by atoms with Gasteiger partial charge >= 0.3 is 5.76 Å². The Morgan fingerprint density at radius 2 is 2.05 bits per heavy atom. The highest BCUT2D eigenvalue weighted by molar-refractivity contribution is 14.1. The van der Waals surface area contributed by atoms with Crippen LogP contribution in [0.25, 0.3) is 11.1 Å². The maximum atomic E-state index is 13.1. The number of nitrogens with one attached hydrogen (secondary N) is 1. The number of oxazole rings is 1. The summed E-state index contributed by atoms with van der Waals surface area (Å²) in [6, 6.07) is 9.35. The lowest BCUT2D eigenvalue weighted by atomic mass is 9.99. The van der Waals surface area contributed by atoms with E-state index in [1.54, 1.807) is 18.2 Å². The maximum absolute atomic E-state index is 13.1. The maximum Gasteiger partial charge on any atom is 0.417 e. The molecule has 0 aliphatic heterocycles. The first-order chi connectivity index (χ1) is 9.54. The van der Waals surface area contributed by atoms with Crippen LogP contribution in [0.1, 0.15) is 17.2 Å². The minimum Gasteiger partial charge on any atom is -0.408 e. The summed E-state index contributed by atoms with van der Waals surface area (Å²) in [6.45, 7) is 0. The number of hydrogen-bond acceptors (Lipinski definition) is 3. The SMILES string of the molecule is NC(c1ccc2[nH]c(=O)oc2c1)c1ccc(F)cc1I. The molecule has 0 aliphatic rings. The van der Waals surface area contributed by atoms with Crippen LogP contribution in [0, 0.1) is 9.39 Å². The Morgan fingerprint density at radius 3 is 2.80 bits per heavy atom. The van der Waals surface area contributed by atoms with Gasteiger partial charge in [0, 0.05) is 3.57 Å². The molecule has 0 spiro atoms. The molecule has 0 amide bonds.